The van der Waals surface area contributed by atoms with Crippen LogP contribution in [0.4, 0.5) is 0 Å². The first-order valence-corrected chi connectivity index (χ1v) is 12.0. The van der Waals surface area contributed by atoms with Gasteiger partial charge in [-0.25, -0.2) is 0 Å². The minimum Gasteiger partial charge on any atom is -0.300 e. The maximum atomic E-state index is 12.8. The summed E-state index contributed by atoms with van der Waals surface area (Å²) in [4.78, 5) is 12.8. The quantitative estimate of drug-likeness (QED) is 0.348. The number of Topliss-reactive ketones (excluding diaryl/α,β-unsaturated/α-hetero) is 1. The van der Waals surface area contributed by atoms with Gasteiger partial charge in [0.1, 0.15) is 5.78 Å². The number of ketones is 1. The Bertz CT molecular complexity index is 900. The molecule has 3 atom stereocenters. The highest BCUT2D eigenvalue weighted by atomic mass is 79.9. The molecule has 4 heteroatoms. The second kappa shape index (κ2) is 8.39. The Labute approximate surface area is 178 Å². The monoisotopic (exact) mass is 500 g/mol. The molecule has 136 valence electrons. The molecule has 1 fully saturated rings. The smallest absolute Gasteiger partial charge is 0.134 e. The number of carbonyl (C=O) groups excluding carboxylic acids is 1. The Morgan fingerprint density at radius 3 is 1.70 bits per heavy atom. The third-order valence-corrected chi connectivity index (χ3v) is 9.22. The van der Waals surface area contributed by atoms with Crippen molar-refractivity contribution in [1.82, 2.24) is 0 Å². The fourth-order valence-electron chi connectivity index (χ4n) is 3.87. The Morgan fingerprint density at radius 1 is 0.704 bits per heavy atom. The van der Waals surface area contributed by atoms with E-state index in [1.807, 2.05) is 12.1 Å². The SMILES string of the molecule is O=C1C[C@H](c2cccc(Br)c2)P(c2ccccc2)[C@H](c2cccc(Br)c2)C1. The lowest BCUT2D eigenvalue weighted by atomic mass is 10.0. The molecule has 3 aromatic carbocycles. The Morgan fingerprint density at radius 2 is 1.22 bits per heavy atom. The maximum Gasteiger partial charge on any atom is 0.134 e. The summed E-state index contributed by atoms with van der Waals surface area (Å²) >= 11 is 7.21. The fraction of sp³-hybridized carbons (Fsp3) is 0.174. The molecule has 3 aromatic rings. The average molecular weight is 502 g/mol. The number of carbonyl (C=O) groups is 1. The number of halogens is 2. The van der Waals surface area contributed by atoms with Gasteiger partial charge in [-0.2, -0.15) is 0 Å². The summed E-state index contributed by atoms with van der Waals surface area (Å²) in [6, 6.07) is 27.7. The summed E-state index contributed by atoms with van der Waals surface area (Å²) in [6.07, 6.45) is 1.25. The van der Waals surface area contributed by atoms with Gasteiger partial charge in [-0.3, -0.25) is 4.79 Å². The summed E-state index contributed by atoms with van der Waals surface area (Å²) in [7, 11) is -0.560. The van der Waals surface area contributed by atoms with Crippen LogP contribution >= 0.6 is 39.8 Å². The van der Waals surface area contributed by atoms with Crippen molar-refractivity contribution in [2.45, 2.75) is 24.2 Å². The largest absolute Gasteiger partial charge is 0.300 e. The molecule has 0 saturated carbocycles. The maximum absolute atomic E-state index is 12.8. The van der Waals surface area contributed by atoms with Crippen molar-refractivity contribution in [2.75, 3.05) is 0 Å². The molecule has 0 radical (unpaired) electrons. The van der Waals surface area contributed by atoms with Crippen LogP contribution in [-0.4, -0.2) is 5.78 Å². The second-order valence-corrected chi connectivity index (χ2v) is 11.2. The highest BCUT2D eigenvalue weighted by Crippen LogP contribution is 2.66. The zero-order chi connectivity index (χ0) is 18.8. The summed E-state index contributed by atoms with van der Waals surface area (Å²) in [5.41, 5.74) is 3.00. The van der Waals surface area contributed by atoms with Gasteiger partial charge in [0.2, 0.25) is 0 Å². The van der Waals surface area contributed by atoms with E-state index in [1.165, 1.54) is 16.4 Å². The van der Waals surface area contributed by atoms with Crippen LogP contribution in [0.25, 0.3) is 0 Å². The van der Waals surface area contributed by atoms with Gasteiger partial charge < -0.3 is 0 Å². The molecule has 0 spiro atoms. The molecule has 4 rings (SSSR count). The van der Waals surface area contributed by atoms with Gasteiger partial charge in [0.15, 0.2) is 0 Å². The lowest BCUT2D eigenvalue weighted by Crippen LogP contribution is -2.23. The first-order valence-electron chi connectivity index (χ1n) is 8.98. The molecule has 0 aliphatic carbocycles. The molecule has 1 aliphatic rings. The van der Waals surface area contributed by atoms with E-state index in [9.17, 15) is 4.79 Å². The third-order valence-electron chi connectivity index (χ3n) is 5.03. The van der Waals surface area contributed by atoms with Crippen LogP contribution in [0.2, 0.25) is 0 Å². The van der Waals surface area contributed by atoms with E-state index in [-0.39, 0.29) is 11.3 Å². The summed E-state index contributed by atoms with van der Waals surface area (Å²) in [5, 5.41) is 1.37. The molecule has 1 nitrogen and oxygen atoms in total. The topological polar surface area (TPSA) is 17.1 Å². The Balaban J connectivity index is 1.85. The summed E-state index contributed by atoms with van der Waals surface area (Å²) < 4.78 is 2.14. The van der Waals surface area contributed by atoms with E-state index in [1.54, 1.807) is 0 Å². The van der Waals surface area contributed by atoms with E-state index in [0.29, 0.717) is 18.6 Å². The van der Waals surface area contributed by atoms with E-state index in [4.69, 9.17) is 0 Å². The molecule has 27 heavy (non-hydrogen) atoms. The van der Waals surface area contributed by atoms with Crippen LogP contribution in [0.5, 0.6) is 0 Å². The minimum absolute atomic E-state index is 0.241. The van der Waals surface area contributed by atoms with Crippen molar-refractivity contribution in [3.8, 4) is 0 Å². The van der Waals surface area contributed by atoms with Crippen molar-refractivity contribution in [2.24, 2.45) is 0 Å². The summed E-state index contributed by atoms with van der Waals surface area (Å²) in [6.45, 7) is 0. The molecule has 1 heterocycles. The lowest BCUT2D eigenvalue weighted by Gasteiger charge is -2.39. The van der Waals surface area contributed by atoms with Gasteiger partial charge in [-0.15, -0.1) is 0 Å². The number of hydrogen-bond acceptors (Lipinski definition) is 1. The molecule has 0 aromatic heterocycles. The Kier molecular flexibility index (Phi) is 5.92. The highest BCUT2D eigenvalue weighted by molar-refractivity contribution is 9.10. The van der Waals surface area contributed by atoms with Crippen LogP contribution in [0, 0.1) is 0 Å². The van der Waals surface area contributed by atoms with E-state index in [2.05, 4.69) is 98.6 Å². The molecule has 1 aliphatic heterocycles. The highest BCUT2D eigenvalue weighted by Gasteiger charge is 2.39. The molecule has 0 bridgehead atoms. The predicted octanol–water partition coefficient (Wildman–Crippen LogP) is 7.16. The molecular formula is C23H19Br2OP. The predicted molar refractivity (Wildman–Crippen MR) is 121 cm³/mol. The van der Waals surface area contributed by atoms with Crippen LogP contribution in [0.1, 0.15) is 35.3 Å². The van der Waals surface area contributed by atoms with Crippen LogP contribution in [0.3, 0.4) is 0 Å². The number of benzene rings is 3. The van der Waals surface area contributed by atoms with Crippen molar-refractivity contribution in [3.05, 3.63) is 98.9 Å². The average Bonchev–Trinajstić information content (AvgIpc) is 2.68. The van der Waals surface area contributed by atoms with Crippen molar-refractivity contribution in [1.29, 1.82) is 0 Å². The first kappa shape index (κ1) is 19.1. The van der Waals surface area contributed by atoms with Crippen molar-refractivity contribution < 1.29 is 4.79 Å². The normalized spacial score (nSPS) is 22.6. The first-order chi connectivity index (χ1) is 13.1. The van der Waals surface area contributed by atoms with Gasteiger partial charge in [0.25, 0.3) is 0 Å². The van der Waals surface area contributed by atoms with Gasteiger partial charge in [-0.05, 0) is 40.7 Å². The van der Waals surface area contributed by atoms with Crippen LogP contribution in [0.15, 0.2) is 87.8 Å². The molecular weight excluding hydrogens is 483 g/mol. The standard InChI is InChI=1S/C23H19Br2OP/c24-18-8-4-6-16(12-18)22-14-20(26)15-23(17-7-5-9-19(25)13-17)27(22)21-10-2-1-3-11-21/h1-13,22-23H,14-15H2/t22-,23+,27?. The summed E-state index contributed by atoms with van der Waals surface area (Å²) in [5.74, 6) is 0.361. The molecule has 1 unspecified atom stereocenters. The fourth-order valence-corrected chi connectivity index (χ4v) is 8.14. The van der Waals surface area contributed by atoms with Gasteiger partial charge in [-0.1, -0.05) is 94.4 Å². The van der Waals surface area contributed by atoms with E-state index < -0.39 is 7.92 Å². The second-order valence-electron chi connectivity index (χ2n) is 6.83. The van der Waals surface area contributed by atoms with Crippen LogP contribution < -0.4 is 5.30 Å². The number of hydrogen-bond donors (Lipinski definition) is 0. The Hall–Kier alpha value is -1.28. The third kappa shape index (κ3) is 4.26. The van der Waals surface area contributed by atoms with Crippen LogP contribution in [-0.2, 0) is 4.79 Å². The van der Waals surface area contributed by atoms with Crippen molar-refractivity contribution in [3.63, 3.8) is 0 Å². The van der Waals surface area contributed by atoms with Gasteiger partial charge in [0.05, 0.1) is 0 Å². The zero-order valence-electron chi connectivity index (χ0n) is 14.7. The van der Waals surface area contributed by atoms with Gasteiger partial charge in [0, 0.05) is 33.1 Å². The lowest BCUT2D eigenvalue weighted by molar-refractivity contribution is -0.119. The van der Waals surface area contributed by atoms with E-state index in [0.717, 1.165) is 8.95 Å². The minimum atomic E-state index is -0.560. The molecule has 0 N–H and O–H groups in total. The zero-order valence-corrected chi connectivity index (χ0v) is 18.8. The molecule has 0 amide bonds. The number of rotatable bonds is 3. The van der Waals surface area contributed by atoms with Crippen molar-refractivity contribution >= 4 is 50.9 Å². The van der Waals surface area contributed by atoms with E-state index >= 15 is 0 Å². The molecule has 1 saturated heterocycles. The van der Waals surface area contributed by atoms with Gasteiger partial charge >= 0.3 is 0 Å².